The summed E-state index contributed by atoms with van der Waals surface area (Å²) in [7, 11) is 0. The highest BCUT2D eigenvalue weighted by atomic mass is 35.5. The van der Waals surface area contributed by atoms with Gasteiger partial charge in [0.2, 0.25) is 5.96 Å². The van der Waals surface area contributed by atoms with Gasteiger partial charge in [0, 0.05) is 5.02 Å². The van der Waals surface area contributed by atoms with Gasteiger partial charge in [-0.2, -0.15) is 13.2 Å². The number of halogens is 4. The lowest BCUT2D eigenvalue weighted by Gasteiger charge is -2.10. The Hall–Kier alpha value is -1.47. The molecule has 0 aliphatic carbocycles. The summed E-state index contributed by atoms with van der Waals surface area (Å²) in [5.74, 6) is -0.548. The topological polar surface area (TPSA) is 70.6 Å². The number of hydroxylamine groups is 1. The van der Waals surface area contributed by atoms with E-state index in [9.17, 15) is 13.2 Å². The van der Waals surface area contributed by atoms with E-state index in [4.69, 9.17) is 22.5 Å². The van der Waals surface area contributed by atoms with Crippen molar-refractivity contribution in [2.75, 3.05) is 0 Å². The molecule has 0 fully saturated rings. The van der Waals surface area contributed by atoms with Crippen molar-refractivity contribution in [3.05, 3.63) is 28.8 Å². The number of alkyl halides is 3. The second-order valence-corrected chi connectivity index (χ2v) is 3.20. The van der Waals surface area contributed by atoms with Crippen molar-refractivity contribution >= 4 is 23.2 Å². The molecule has 0 heterocycles. The molecule has 1 aromatic carbocycles. The Morgan fingerprint density at radius 2 is 2.06 bits per heavy atom. The van der Waals surface area contributed by atoms with Crippen LogP contribution in [0.4, 0.5) is 18.9 Å². The lowest BCUT2D eigenvalue weighted by molar-refractivity contribution is -0.137. The van der Waals surface area contributed by atoms with E-state index in [-0.39, 0.29) is 5.02 Å². The Labute approximate surface area is 93.5 Å². The number of nitrogens with zero attached hydrogens (tertiary/aromatic N) is 1. The molecule has 0 aromatic heterocycles. The fourth-order valence-corrected chi connectivity index (χ4v) is 1.16. The van der Waals surface area contributed by atoms with Gasteiger partial charge in [-0.25, -0.2) is 10.5 Å². The van der Waals surface area contributed by atoms with Gasteiger partial charge in [0.05, 0.1) is 11.3 Å². The summed E-state index contributed by atoms with van der Waals surface area (Å²) < 4.78 is 37.6. The highest BCUT2D eigenvalue weighted by molar-refractivity contribution is 6.30. The molecule has 0 atom stereocenters. The SMILES string of the molecule is NC(=Nc1ccc(Cl)cc1C(F)(F)F)NO. The standard InChI is InChI=1S/C8H7ClF3N3O/c9-4-1-2-6(14-7(13)15-16)5(3-4)8(10,11)12/h1-3,16H,(H3,13,14,15). The second-order valence-electron chi connectivity index (χ2n) is 2.77. The molecule has 0 bridgehead atoms. The quantitative estimate of drug-likeness (QED) is 0.408. The first kappa shape index (κ1) is 12.6. The van der Waals surface area contributed by atoms with Crippen molar-refractivity contribution in [1.82, 2.24) is 5.48 Å². The number of benzene rings is 1. The lowest BCUT2D eigenvalue weighted by atomic mass is 10.2. The third-order valence-corrected chi connectivity index (χ3v) is 1.85. The fourth-order valence-electron chi connectivity index (χ4n) is 0.988. The summed E-state index contributed by atoms with van der Waals surface area (Å²) in [6.07, 6.45) is -4.60. The molecule has 16 heavy (non-hydrogen) atoms. The monoisotopic (exact) mass is 253 g/mol. The molecular formula is C8H7ClF3N3O. The van der Waals surface area contributed by atoms with Gasteiger partial charge in [-0.05, 0) is 18.2 Å². The minimum Gasteiger partial charge on any atom is -0.368 e. The summed E-state index contributed by atoms with van der Waals surface area (Å²) in [6, 6.07) is 3.01. The van der Waals surface area contributed by atoms with Gasteiger partial charge in [-0.1, -0.05) is 11.6 Å². The number of nitrogens with two attached hydrogens (primary N) is 1. The Morgan fingerprint density at radius 3 is 2.56 bits per heavy atom. The van der Waals surface area contributed by atoms with E-state index < -0.39 is 23.4 Å². The average Bonchev–Trinajstić information content (AvgIpc) is 2.19. The van der Waals surface area contributed by atoms with Gasteiger partial charge in [0.1, 0.15) is 0 Å². The van der Waals surface area contributed by atoms with E-state index >= 15 is 0 Å². The summed E-state index contributed by atoms with van der Waals surface area (Å²) in [4.78, 5) is 3.34. The molecule has 1 rings (SSSR count). The van der Waals surface area contributed by atoms with Gasteiger partial charge >= 0.3 is 6.18 Å². The minimum absolute atomic E-state index is 0.0678. The van der Waals surface area contributed by atoms with Crippen LogP contribution >= 0.6 is 11.6 Å². The van der Waals surface area contributed by atoms with Crippen LogP contribution in [0.2, 0.25) is 5.02 Å². The molecule has 0 saturated heterocycles. The fraction of sp³-hybridized carbons (Fsp3) is 0.125. The zero-order chi connectivity index (χ0) is 12.3. The van der Waals surface area contributed by atoms with Crippen molar-refractivity contribution in [3.63, 3.8) is 0 Å². The molecule has 8 heteroatoms. The number of guanidine groups is 1. The highest BCUT2D eigenvalue weighted by Gasteiger charge is 2.33. The zero-order valence-corrected chi connectivity index (χ0v) is 8.47. The Bertz CT molecular complexity index is 419. The van der Waals surface area contributed by atoms with Crippen LogP contribution in [0.1, 0.15) is 5.56 Å². The van der Waals surface area contributed by atoms with Gasteiger partial charge in [0.25, 0.3) is 0 Å². The number of nitrogens with one attached hydrogen (secondary N) is 1. The van der Waals surface area contributed by atoms with Gasteiger partial charge < -0.3 is 5.73 Å². The summed E-state index contributed by atoms with van der Waals surface area (Å²) in [5, 5.41) is 8.26. The van der Waals surface area contributed by atoms with Crippen LogP contribution in [0.15, 0.2) is 23.2 Å². The first-order chi connectivity index (χ1) is 7.34. The molecule has 1 aromatic rings. The van der Waals surface area contributed by atoms with E-state index in [1.165, 1.54) is 11.5 Å². The van der Waals surface area contributed by atoms with Crippen LogP contribution in [-0.4, -0.2) is 11.2 Å². The molecule has 0 spiro atoms. The van der Waals surface area contributed by atoms with Crippen molar-refractivity contribution in [1.29, 1.82) is 0 Å². The van der Waals surface area contributed by atoms with E-state index in [1.54, 1.807) is 0 Å². The maximum atomic E-state index is 12.5. The molecule has 0 saturated carbocycles. The van der Waals surface area contributed by atoms with Crippen LogP contribution in [0, 0.1) is 0 Å². The van der Waals surface area contributed by atoms with Crippen LogP contribution in [0.5, 0.6) is 0 Å². The number of rotatable bonds is 1. The number of aliphatic imine (C=N–C) groups is 1. The maximum absolute atomic E-state index is 12.5. The summed E-state index contributed by atoms with van der Waals surface area (Å²) in [6.45, 7) is 0. The van der Waals surface area contributed by atoms with E-state index in [2.05, 4.69) is 4.99 Å². The number of hydrogen-bond donors (Lipinski definition) is 3. The number of hydrogen-bond acceptors (Lipinski definition) is 2. The van der Waals surface area contributed by atoms with E-state index in [0.29, 0.717) is 0 Å². The van der Waals surface area contributed by atoms with Gasteiger partial charge in [-0.15, -0.1) is 0 Å². The lowest BCUT2D eigenvalue weighted by Crippen LogP contribution is -2.28. The molecular weight excluding hydrogens is 247 g/mol. The Kier molecular flexibility index (Phi) is 3.61. The summed E-state index contributed by atoms with van der Waals surface area (Å²) in [5.41, 5.74) is 5.01. The third kappa shape index (κ3) is 3.01. The first-order valence-corrected chi connectivity index (χ1v) is 4.33. The van der Waals surface area contributed by atoms with E-state index in [0.717, 1.165) is 12.1 Å². The van der Waals surface area contributed by atoms with Crippen LogP contribution in [0.25, 0.3) is 0 Å². The normalized spacial score (nSPS) is 12.7. The molecule has 4 nitrogen and oxygen atoms in total. The highest BCUT2D eigenvalue weighted by Crippen LogP contribution is 2.37. The predicted octanol–water partition coefficient (Wildman–Crippen LogP) is 2.28. The van der Waals surface area contributed by atoms with Crippen molar-refractivity contribution in [2.45, 2.75) is 6.18 Å². The van der Waals surface area contributed by atoms with Crippen LogP contribution in [-0.2, 0) is 6.18 Å². The van der Waals surface area contributed by atoms with E-state index in [1.807, 2.05) is 0 Å². The first-order valence-electron chi connectivity index (χ1n) is 3.95. The smallest absolute Gasteiger partial charge is 0.368 e. The third-order valence-electron chi connectivity index (χ3n) is 1.62. The Morgan fingerprint density at radius 1 is 1.44 bits per heavy atom. The maximum Gasteiger partial charge on any atom is 0.418 e. The Balaban J connectivity index is 3.29. The molecule has 0 amide bonds. The largest absolute Gasteiger partial charge is 0.418 e. The van der Waals surface area contributed by atoms with Gasteiger partial charge in [-0.3, -0.25) is 5.21 Å². The zero-order valence-electron chi connectivity index (χ0n) is 7.72. The van der Waals surface area contributed by atoms with Crippen LogP contribution < -0.4 is 11.2 Å². The van der Waals surface area contributed by atoms with Gasteiger partial charge in [0.15, 0.2) is 0 Å². The molecule has 0 radical (unpaired) electrons. The minimum atomic E-state index is -4.60. The van der Waals surface area contributed by atoms with Crippen LogP contribution in [0.3, 0.4) is 0 Å². The van der Waals surface area contributed by atoms with Crippen molar-refractivity contribution in [2.24, 2.45) is 10.7 Å². The molecule has 0 unspecified atom stereocenters. The molecule has 88 valence electrons. The molecule has 0 aliphatic rings. The summed E-state index contributed by atoms with van der Waals surface area (Å²) >= 11 is 5.45. The predicted molar refractivity (Wildman–Crippen MR) is 52.7 cm³/mol. The van der Waals surface area contributed by atoms with Crippen molar-refractivity contribution < 1.29 is 18.4 Å². The second kappa shape index (κ2) is 4.58. The molecule has 0 aliphatic heterocycles. The van der Waals surface area contributed by atoms with Crippen molar-refractivity contribution in [3.8, 4) is 0 Å². The average molecular weight is 254 g/mol. The molecule has 4 N–H and O–H groups in total.